The van der Waals surface area contributed by atoms with Crippen molar-refractivity contribution < 1.29 is 18.3 Å². The van der Waals surface area contributed by atoms with Crippen molar-refractivity contribution in [1.29, 1.82) is 0 Å². The van der Waals surface area contributed by atoms with Gasteiger partial charge in [0, 0.05) is 6.04 Å². The Balaban J connectivity index is 2.02. The Kier molecular flexibility index (Phi) is 4.27. The molecule has 6 heteroatoms. The highest BCUT2D eigenvalue weighted by Gasteiger charge is 2.34. The molecule has 0 heterocycles. The maximum Gasteiger partial charge on any atom is 0.318 e. The summed E-state index contributed by atoms with van der Waals surface area (Å²) < 4.78 is 25.7. The van der Waals surface area contributed by atoms with Gasteiger partial charge in [-0.05, 0) is 25.2 Å². The fourth-order valence-corrected chi connectivity index (χ4v) is 4.46. The standard InChI is InChI=1S/C12H21NO4S/c14-12(15)9-13(11-3-1-2-4-11)18(16,17)8-7-10-5-6-10/h10-11H,1-9H2,(H,14,15). The summed E-state index contributed by atoms with van der Waals surface area (Å²) in [5.74, 6) is -0.395. The minimum atomic E-state index is -3.40. The quantitative estimate of drug-likeness (QED) is 0.763. The van der Waals surface area contributed by atoms with Crippen molar-refractivity contribution in [3.05, 3.63) is 0 Å². The zero-order valence-corrected chi connectivity index (χ0v) is 11.4. The smallest absolute Gasteiger partial charge is 0.318 e. The molecule has 2 rings (SSSR count). The first-order valence-corrected chi connectivity index (χ1v) is 8.31. The number of carbonyl (C=O) groups is 1. The van der Waals surface area contributed by atoms with Crippen molar-refractivity contribution in [2.45, 2.75) is 51.0 Å². The molecule has 18 heavy (non-hydrogen) atoms. The van der Waals surface area contributed by atoms with Crippen molar-refractivity contribution in [2.75, 3.05) is 12.3 Å². The normalized spacial score (nSPS) is 21.6. The second kappa shape index (κ2) is 5.57. The van der Waals surface area contributed by atoms with Gasteiger partial charge in [-0.3, -0.25) is 4.79 Å². The fourth-order valence-electron chi connectivity index (χ4n) is 2.62. The van der Waals surface area contributed by atoms with Gasteiger partial charge >= 0.3 is 5.97 Å². The molecule has 0 saturated heterocycles. The van der Waals surface area contributed by atoms with E-state index < -0.39 is 16.0 Å². The summed E-state index contributed by atoms with van der Waals surface area (Å²) in [6, 6.07) is -0.0923. The van der Waals surface area contributed by atoms with Crippen LogP contribution >= 0.6 is 0 Å². The number of nitrogens with zero attached hydrogens (tertiary/aromatic N) is 1. The number of hydrogen-bond acceptors (Lipinski definition) is 3. The van der Waals surface area contributed by atoms with Crippen LogP contribution < -0.4 is 0 Å². The predicted octanol–water partition coefficient (Wildman–Crippen LogP) is 1.45. The van der Waals surface area contributed by atoms with E-state index in [0.717, 1.165) is 38.5 Å². The molecular weight excluding hydrogens is 254 g/mol. The molecule has 0 amide bonds. The monoisotopic (exact) mass is 275 g/mol. The summed E-state index contributed by atoms with van der Waals surface area (Å²) in [5, 5.41) is 8.89. The van der Waals surface area contributed by atoms with Crippen LogP contribution in [-0.2, 0) is 14.8 Å². The lowest BCUT2D eigenvalue weighted by atomic mass is 10.2. The van der Waals surface area contributed by atoms with E-state index in [1.807, 2.05) is 0 Å². The van der Waals surface area contributed by atoms with Gasteiger partial charge in [-0.25, -0.2) is 8.42 Å². The highest BCUT2D eigenvalue weighted by molar-refractivity contribution is 7.89. The zero-order chi connectivity index (χ0) is 13.2. The predicted molar refractivity (Wildman–Crippen MR) is 67.7 cm³/mol. The zero-order valence-electron chi connectivity index (χ0n) is 10.5. The van der Waals surface area contributed by atoms with Crippen LogP contribution in [0.15, 0.2) is 0 Å². The number of carboxylic acid groups (broad SMARTS) is 1. The van der Waals surface area contributed by atoms with E-state index in [9.17, 15) is 13.2 Å². The van der Waals surface area contributed by atoms with E-state index in [1.165, 1.54) is 4.31 Å². The summed E-state index contributed by atoms with van der Waals surface area (Å²) in [4.78, 5) is 10.9. The van der Waals surface area contributed by atoms with Crippen molar-refractivity contribution in [2.24, 2.45) is 5.92 Å². The number of aliphatic carboxylic acids is 1. The lowest BCUT2D eigenvalue weighted by Crippen LogP contribution is -2.43. The molecule has 0 bridgehead atoms. The number of sulfonamides is 1. The molecule has 0 aromatic carbocycles. The molecule has 1 N–H and O–H groups in total. The van der Waals surface area contributed by atoms with Crippen LogP contribution in [0.2, 0.25) is 0 Å². The van der Waals surface area contributed by atoms with Crippen LogP contribution in [-0.4, -0.2) is 42.1 Å². The summed E-state index contributed by atoms with van der Waals surface area (Å²) in [6.45, 7) is -0.377. The van der Waals surface area contributed by atoms with Crippen LogP contribution in [0.25, 0.3) is 0 Å². The van der Waals surface area contributed by atoms with Crippen molar-refractivity contribution >= 4 is 16.0 Å². The van der Waals surface area contributed by atoms with Crippen molar-refractivity contribution in [1.82, 2.24) is 4.31 Å². The summed E-state index contributed by atoms with van der Waals surface area (Å²) in [6.07, 6.45) is 6.53. The van der Waals surface area contributed by atoms with Gasteiger partial charge < -0.3 is 5.11 Å². The lowest BCUT2D eigenvalue weighted by Gasteiger charge is -2.26. The first kappa shape index (κ1) is 13.8. The molecule has 0 aromatic rings. The molecular formula is C12H21NO4S. The Bertz CT molecular complexity index is 396. The van der Waals surface area contributed by atoms with Gasteiger partial charge in [0.25, 0.3) is 0 Å². The minimum absolute atomic E-state index is 0.0923. The van der Waals surface area contributed by atoms with Crippen LogP contribution in [0.1, 0.15) is 44.9 Å². The third-order valence-electron chi connectivity index (χ3n) is 3.86. The van der Waals surface area contributed by atoms with Gasteiger partial charge in [0.15, 0.2) is 0 Å². The van der Waals surface area contributed by atoms with E-state index in [-0.39, 0.29) is 18.3 Å². The van der Waals surface area contributed by atoms with E-state index in [0.29, 0.717) is 12.3 Å². The fraction of sp³-hybridized carbons (Fsp3) is 0.917. The first-order valence-electron chi connectivity index (χ1n) is 6.70. The SMILES string of the molecule is O=C(O)CN(C1CCCC1)S(=O)(=O)CCC1CC1. The molecule has 0 aromatic heterocycles. The van der Waals surface area contributed by atoms with Crippen molar-refractivity contribution in [3.63, 3.8) is 0 Å². The van der Waals surface area contributed by atoms with Gasteiger partial charge in [-0.15, -0.1) is 0 Å². The van der Waals surface area contributed by atoms with Crippen LogP contribution in [0, 0.1) is 5.92 Å². The minimum Gasteiger partial charge on any atom is -0.480 e. The Morgan fingerprint density at radius 2 is 1.78 bits per heavy atom. The molecule has 0 unspecified atom stereocenters. The molecule has 2 aliphatic carbocycles. The number of carboxylic acids is 1. The Morgan fingerprint density at radius 3 is 2.28 bits per heavy atom. The second-order valence-electron chi connectivity index (χ2n) is 5.43. The first-order chi connectivity index (χ1) is 8.49. The second-order valence-corrected chi connectivity index (χ2v) is 7.47. The summed E-state index contributed by atoms with van der Waals surface area (Å²) >= 11 is 0. The van der Waals surface area contributed by atoms with Crippen LogP contribution in [0.3, 0.4) is 0 Å². The molecule has 0 atom stereocenters. The highest BCUT2D eigenvalue weighted by Crippen LogP contribution is 2.33. The molecule has 0 radical (unpaired) electrons. The van der Waals surface area contributed by atoms with Gasteiger partial charge in [0.05, 0.1) is 5.75 Å². The average molecular weight is 275 g/mol. The highest BCUT2D eigenvalue weighted by atomic mass is 32.2. The molecule has 2 saturated carbocycles. The Morgan fingerprint density at radius 1 is 1.17 bits per heavy atom. The Labute approximate surface area is 108 Å². The third-order valence-corrected chi connectivity index (χ3v) is 5.75. The van der Waals surface area contributed by atoms with E-state index in [4.69, 9.17) is 5.11 Å². The number of hydrogen-bond donors (Lipinski definition) is 1. The maximum atomic E-state index is 12.2. The van der Waals surface area contributed by atoms with Gasteiger partial charge in [0.1, 0.15) is 6.54 Å². The van der Waals surface area contributed by atoms with Gasteiger partial charge in [-0.1, -0.05) is 25.7 Å². The third kappa shape index (κ3) is 3.68. The largest absolute Gasteiger partial charge is 0.480 e. The van der Waals surface area contributed by atoms with E-state index in [1.54, 1.807) is 0 Å². The molecule has 0 aliphatic heterocycles. The molecule has 104 valence electrons. The van der Waals surface area contributed by atoms with Gasteiger partial charge in [0.2, 0.25) is 10.0 Å². The molecule has 0 spiro atoms. The van der Waals surface area contributed by atoms with Gasteiger partial charge in [-0.2, -0.15) is 4.31 Å². The maximum absolute atomic E-state index is 12.2. The molecule has 5 nitrogen and oxygen atoms in total. The average Bonchev–Trinajstić information content (AvgIpc) is 2.97. The van der Waals surface area contributed by atoms with Crippen LogP contribution in [0.5, 0.6) is 0 Å². The topological polar surface area (TPSA) is 74.7 Å². The summed E-state index contributed by atoms with van der Waals surface area (Å²) in [7, 11) is -3.40. The van der Waals surface area contributed by atoms with E-state index in [2.05, 4.69) is 0 Å². The summed E-state index contributed by atoms with van der Waals surface area (Å²) in [5.41, 5.74) is 0. The van der Waals surface area contributed by atoms with Crippen molar-refractivity contribution in [3.8, 4) is 0 Å². The van der Waals surface area contributed by atoms with E-state index >= 15 is 0 Å². The lowest BCUT2D eigenvalue weighted by molar-refractivity contribution is -0.137. The molecule has 2 aliphatic rings. The number of rotatable bonds is 7. The van der Waals surface area contributed by atoms with Crippen LogP contribution in [0.4, 0.5) is 0 Å². The molecule has 2 fully saturated rings. The Hall–Kier alpha value is -0.620.